The van der Waals surface area contributed by atoms with Crippen LogP contribution in [0.1, 0.15) is 28.7 Å². The molecule has 0 aromatic heterocycles. The van der Waals surface area contributed by atoms with Crippen LogP contribution in [0.3, 0.4) is 0 Å². The number of carbonyl (C=O) groups excluding carboxylic acids is 2. The van der Waals surface area contributed by atoms with Gasteiger partial charge in [0.05, 0.1) is 29.2 Å². The maximum Gasteiger partial charge on any atom is 0.260 e. The van der Waals surface area contributed by atoms with Crippen molar-refractivity contribution in [3.8, 4) is 17.2 Å². The molecule has 1 aliphatic rings. The molecule has 0 radical (unpaired) electrons. The van der Waals surface area contributed by atoms with Gasteiger partial charge in [-0.15, -0.1) is 0 Å². The van der Waals surface area contributed by atoms with Crippen LogP contribution in [0.5, 0.6) is 17.2 Å². The van der Waals surface area contributed by atoms with Crippen LogP contribution in [-0.4, -0.2) is 83.1 Å². The molecule has 3 N–H and O–H groups in total. The molecule has 3 aromatic carbocycles. The summed E-state index contributed by atoms with van der Waals surface area (Å²) in [6.45, 7) is 5.75. The number of nitrogens with zero attached hydrogens (tertiary/aromatic N) is 1. The van der Waals surface area contributed by atoms with Crippen LogP contribution in [0.4, 0.5) is 0 Å². The molecule has 0 aliphatic carbocycles. The normalized spacial score (nSPS) is 13.6. The van der Waals surface area contributed by atoms with Crippen LogP contribution >= 0.6 is 23.2 Å². The number of nitrogens with two attached hydrogens (primary N) is 1. The van der Waals surface area contributed by atoms with Gasteiger partial charge in [-0.2, -0.15) is 0 Å². The second kappa shape index (κ2) is 19.5. The van der Waals surface area contributed by atoms with E-state index in [1.54, 1.807) is 24.1 Å². The second-order valence-corrected chi connectivity index (χ2v) is 12.4. The van der Waals surface area contributed by atoms with Gasteiger partial charge in [-0.25, -0.2) is 0 Å². The fourth-order valence-corrected chi connectivity index (χ4v) is 5.98. The van der Waals surface area contributed by atoms with Crippen LogP contribution in [0.25, 0.3) is 0 Å². The summed E-state index contributed by atoms with van der Waals surface area (Å²) in [7, 11) is 1.67. The third kappa shape index (κ3) is 11.9. The van der Waals surface area contributed by atoms with Crippen LogP contribution in [0.15, 0.2) is 54.6 Å². The number of aryl methyl sites for hydroxylation is 2. The summed E-state index contributed by atoms with van der Waals surface area (Å²) in [6.07, 6.45) is 2.09. The fourth-order valence-electron chi connectivity index (χ4n) is 5.28. The predicted molar refractivity (Wildman–Crippen MR) is 186 cm³/mol. The lowest BCUT2D eigenvalue weighted by atomic mass is 9.98. The van der Waals surface area contributed by atoms with Crippen LogP contribution < -0.4 is 25.3 Å². The van der Waals surface area contributed by atoms with E-state index in [-0.39, 0.29) is 31.6 Å². The highest BCUT2D eigenvalue weighted by molar-refractivity contribution is 6.37. The number of benzene rings is 3. The van der Waals surface area contributed by atoms with Gasteiger partial charge < -0.3 is 39.6 Å². The molecule has 260 valence electrons. The molecule has 4 rings (SSSR count). The average Bonchev–Trinajstić information content (AvgIpc) is 3.08. The molecule has 0 spiro atoms. The van der Waals surface area contributed by atoms with E-state index in [1.807, 2.05) is 49.4 Å². The lowest BCUT2D eigenvalue weighted by Gasteiger charge is -2.26. The fraction of sp³-hybridized carbons (Fsp3) is 0.444. The Balaban J connectivity index is 1.27. The summed E-state index contributed by atoms with van der Waals surface area (Å²) in [5.41, 5.74) is 9.86. The van der Waals surface area contributed by atoms with E-state index >= 15 is 0 Å². The maximum atomic E-state index is 13.2. The first-order valence-electron chi connectivity index (χ1n) is 16.1. The maximum absolute atomic E-state index is 13.2. The number of rotatable bonds is 18. The van der Waals surface area contributed by atoms with Crippen LogP contribution in [0, 0.1) is 12.8 Å². The molecular weight excluding hydrogens is 657 g/mol. The van der Waals surface area contributed by atoms with Crippen LogP contribution in [-0.2, 0) is 38.4 Å². The predicted octanol–water partition coefficient (Wildman–Crippen LogP) is 5.01. The number of nitrogens with one attached hydrogen (secondary N) is 1. The Hall–Kier alpha value is -3.54. The molecule has 2 amide bonds. The highest BCUT2D eigenvalue weighted by Crippen LogP contribution is 2.34. The first-order chi connectivity index (χ1) is 23.2. The van der Waals surface area contributed by atoms with E-state index in [9.17, 15) is 9.59 Å². The SMILES string of the molecule is COCCCc1cc(CNC(=O)C(CN)Cc2ccc(OCCOc3c(Cl)cc(C)cc3Cl)cc2)cc(OCC(=O)N2CCOCC2)c1. The zero-order valence-corrected chi connectivity index (χ0v) is 29.1. The van der Waals surface area contributed by atoms with Crippen molar-refractivity contribution in [1.82, 2.24) is 10.2 Å². The largest absolute Gasteiger partial charge is 0.490 e. The number of amides is 2. The third-order valence-corrected chi connectivity index (χ3v) is 8.40. The molecule has 3 aromatic rings. The zero-order chi connectivity index (χ0) is 34.3. The Labute approximate surface area is 292 Å². The van der Waals surface area contributed by atoms with E-state index in [0.717, 1.165) is 35.1 Å². The molecule has 1 heterocycles. The van der Waals surface area contributed by atoms with Gasteiger partial charge in [0, 0.05) is 39.9 Å². The molecule has 0 bridgehead atoms. The summed E-state index contributed by atoms with van der Waals surface area (Å²) in [5.74, 6) is 1.06. The smallest absolute Gasteiger partial charge is 0.260 e. The van der Waals surface area contributed by atoms with Crippen molar-refractivity contribution in [3.63, 3.8) is 0 Å². The van der Waals surface area contributed by atoms with Crippen molar-refractivity contribution >= 4 is 35.0 Å². The number of ether oxygens (including phenoxy) is 5. The molecule has 1 fully saturated rings. The van der Waals surface area contributed by atoms with E-state index in [4.69, 9.17) is 52.6 Å². The van der Waals surface area contributed by atoms with Gasteiger partial charge >= 0.3 is 0 Å². The molecule has 12 heteroatoms. The van der Waals surface area contributed by atoms with Gasteiger partial charge in [-0.05, 0) is 84.8 Å². The molecule has 10 nitrogen and oxygen atoms in total. The minimum absolute atomic E-state index is 0.0582. The molecule has 1 aliphatic heterocycles. The molecule has 1 saturated heterocycles. The van der Waals surface area contributed by atoms with Crippen molar-refractivity contribution in [2.75, 3.05) is 66.4 Å². The number of carbonyl (C=O) groups is 2. The molecule has 1 unspecified atom stereocenters. The number of hydrogen-bond donors (Lipinski definition) is 2. The topological polar surface area (TPSA) is 122 Å². The van der Waals surface area contributed by atoms with E-state index in [1.165, 1.54) is 0 Å². The number of morpholine rings is 1. The summed E-state index contributed by atoms with van der Waals surface area (Å²) >= 11 is 12.5. The summed E-state index contributed by atoms with van der Waals surface area (Å²) in [5, 5.41) is 3.95. The molecular formula is C36H45Cl2N3O7. The van der Waals surface area contributed by atoms with Gasteiger partial charge in [0.25, 0.3) is 5.91 Å². The summed E-state index contributed by atoms with van der Waals surface area (Å²) < 4.78 is 28.0. The third-order valence-electron chi connectivity index (χ3n) is 7.83. The average molecular weight is 703 g/mol. The van der Waals surface area contributed by atoms with Crippen LogP contribution in [0.2, 0.25) is 10.0 Å². The Bertz CT molecular complexity index is 1460. The molecule has 0 saturated carbocycles. The van der Waals surface area contributed by atoms with Gasteiger partial charge in [0.2, 0.25) is 5.91 Å². The van der Waals surface area contributed by atoms with Gasteiger partial charge in [0.1, 0.15) is 24.7 Å². The van der Waals surface area contributed by atoms with Crippen molar-refractivity contribution in [2.24, 2.45) is 11.7 Å². The lowest BCUT2D eigenvalue weighted by Crippen LogP contribution is -2.43. The minimum atomic E-state index is -0.416. The van der Waals surface area contributed by atoms with Crippen molar-refractivity contribution < 1.29 is 33.3 Å². The monoisotopic (exact) mass is 701 g/mol. The Morgan fingerprint density at radius 1 is 0.896 bits per heavy atom. The van der Waals surface area contributed by atoms with Gasteiger partial charge in [0.15, 0.2) is 12.4 Å². The highest BCUT2D eigenvalue weighted by atomic mass is 35.5. The minimum Gasteiger partial charge on any atom is -0.490 e. The van der Waals surface area contributed by atoms with Gasteiger partial charge in [-0.3, -0.25) is 9.59 Å². The first-order valence-corrected chi connectivity index (χ1v) is 16.9. The number of hydrogen-bond acceptors (Lipinski definition) is 8. The summed E-state index contributed by atoms with van der Waals surface area (Å²) in [6, 6.07) is 17.0. The van der Waals surface area contributed by atoms with E-state index < -0.39 is 5.92 Å². The zero-order valence-electron chi connectivity index (χ0n) is 27.6. The van der Waals surface area contributed by atoms with Crippen molar-refractivity contribution in [2.45, 2.75) is 32.7 Å². The van der Waals surface area contributed by atoms with E-state index in [0.29, 0.717) is 79.8 Å². The first kappa shape index (κ1) is 37.3. The van der Waals surface area contributed by atoms with Gasteiger partial charge in [-0.1, -0.05) is 41.4 Å². The Morgan fingerprint density at radius 3 is 2.27 bits per heavy atom. The van der Waals surface area contributed by atoms with E-state index in [2.05, 4.69) is 5.32 Å². The second-order valence-electron chi connectivity index (χ2n) is 11.6. The number of halogens is 2. The molecule has 48 heavy (non-hydrogen) atoms. The Kier molecular flexibility index (Phi) is 15.1. The number of methoxy groups -OCH3 is 1. The lowest BCUT2D eigenvalue weighted by molar-refractivity contribution is -0.137. The summed E-state index contributed by atoms with van der Waals surface area (Å²) in [4.78, 5) is 27.6. The standard InChI is InChI=1S/C36H45Cl2N3O7/c1-25-16-32(37)35(33(38)17-25)47-15-14-46-30-7-5-26(6-8-30)19-29(22-39)36(43)40-23-28-18-27(4-3-11-44-2)20-31(21-28)48-24-34(42)41-9-12-45-13-10-41/h5-8,16-18,20-21,29H,3-4,9-15,19,22-24,39H2,1-2H3,(H,40,43). The van der Waals surface area contributed by atoms with Crippen molar-refractivity contribution in [3.05, 3.63) is 86.9 Å². The Morgan fingerprint density at radius 2 is 1.58 bits per heavy atom. The van der Waals surface area contributed by atoms with Crippen molar-refractivity contribution in [1.29, 1.82) is 0 Å². The quantitative estimate of drug-likeness (QED) is 0.178. The highest BCUT2D eigenvalue weighted by Gasteiger charge is 2.19. The molecule has 1 atom stereocenters.